The van der Waals surface area contributed by atoms with Crippen LogP contribution in [0.5, 0.6) is 5.75 Å². The second kappa shape index (κ2) is 8.91. The number of benzene rings is 1. The third-order valence-corrected chi connectivity index (χ3v) is 6.80. The summed E-state index contributed by atoms with van der Waals surface area (Å²) < 4.78 is 36.2. The third-order valence-electron chi connectivity index (χ3n) is 4.97. The molecule has 0 saturated carbocycles. The number of carbonyl (C=O) groups is 2. The molecular formula is C19H28N2O6S. The van der Waals surface area contributed by atoms with Gasteiger partial charge in [0.15, 0.2) is 6.61 Å². The predicted octanol–water partition coefficient (Wildman–Crippen LogP) is 1.89. The molecule has 2 rings (SSSR count). The summed E-state index contributed by atoms with van der Waals surface area (Å²) in [6.07, 6.45) is 2.92. The molecule has 9 heteroatoms. The van der Waals surface area contributed by atoms with Gasteiger partial charge in [-0.1, -0.05) is 0 Å². The summed E-state index contributed by atoms with van der Waals surface area (Å²) in [6.45, 7) is 3.59. The minimum atomic E-state index is -3.81. The molecule has 1 fully saturated rings. The molecule has 0 bridgehead atoms. The molecule has 156 valence electrons. The molecule has 8 nitrogen and oxygen atoms in total. The second-order valence-electron chi connectivity index (χ2n) is 7.16. The molecule has 1 aromatic rings. The molecule has 0 aromatic heterocycles. The Labute approximate surface area is 166 Å². The minimum Gasteiger partial charge on any atom is -0.495 e. The van der Waals surface area contributed by atoms with Crippen LogP contribution < -0.4 is 4.74 Å². The van der Waals surface area contributed by atoms with E-state index in [2.05, 4.69) is 0 Å². The summed E-state index contributed by atoms with van der Waals surface area (Å²) in [6, 6.07) is 4.21. The maximum Gasteiger partial charge on any atom is 0.338 e. The fourth-order valence-electron chi connectivity index (χ4n) is 3.40. The maximum absolute atomic E-state index is 12.5. The summed E-state index contributed by atoms with van der Waals surface area (Å²) in [5.41, 5.74) is 0.0359. The zero-order valence-electron chi connectivity index (χ0n) is 17.0. The average Bonchev–Trinajstić information content (AvgIpc) is 2.65. The molecule has 1 aliphatic rings. The molecule has 0 aliphatic carbocycles. The van der Waals surface area contributed by atoms with Crippen LogP contribution in [0.15, 0.2) is 23.1 Å². The van der Waals surface area contributed by atoms with E-state index < -0.39 is 16.0 Å². The summed E-state index contributed by atoms with van der Waals surface area (Å²) in [5.74, 6) is -0.886. The number of hydrogen-bond acceptors (Lipinski definition) is 6. The summed E-state index contributed by atoms with van der Waals surface area (Å²) in [7, 11) is 0.312. The molecule has 2 atom stereocenters. The Balaban J connectivity index is 2.15. The van der Waals surface area contributed by atoms with Gasteiger partial charge >= 0.3 is 5.97 Å². The first kappa shape index (κ1) is 22.2. The van der Waals surface area contributed by atoms with Crippen LogP contribution in [0.25, 0.3) is 0 Å². The van der Waals surface area contributed by atoms with E-state index in [-0.39, 0.29) is 40.8 Å². The predicted molar refractivity (Wildman–Crippen MR) is 104 cm³/mol. The lowest BCUT2D eigenvalue weighted by Gasteiger charge is -2.38. The van der Waals surface area contributed by atoms with Gasteiger partial charge in [0.2, 0.25) is 10.0 Å². The van der Waals surface area contributed by atoms with Crippen molar-refractivity contribution in [2.45, 2.75) is 50.1 Å². The zero-order chi connectivity index (χ0) is 21.1. The first-order valence-corrected chi connectivity index (χ1v) is 10.6. The fourth-order valence-corrected chi connectivity index (χ4v) is 4.47. The quantitative estimate of drug-likeness (QED) is 0.663. The Bertz CT molecular complexity index is 827. The number of hydrogen-bond donors (Lipinski definition) is 0. The van der Waals surface area contributed by atoms with Gasteiger partial charge in [-0.3, -0.25) is 4.79 Å². The van der Waals surface area contributed by atoms with E-state index in [1.165, 1.54) is 39.4 Å². The van der Waals surface area contributed by atoms with Crippen LogP contribution in [-0.2, 0) is 19.6 Å². The van der Waals surface area contributed by atoms with Gasteiger partial charge in [-0.05, 0) is 51.3 Å². The number of piperidine rings is 1. The van der Waals surface area contributed by atoms with Gasteiger partial charge in [0.25, 0.3) is 5.91 Å². The Hall–Kier alpha value is -2.13. The Morgan fingerprint density at radius 3 is 2.32 bits per heavy atom. The molecule has 0 unspecified atom stereocenters. The van der Waals surface area contributed by atoms with Crippen LogP contribution in [0.1, 0.15) is 43.5 Å². The van der Waals surface area contributed by atoms with Gasteiger partial charge < -0.3 is 14.4 Å². The molecule has 1 aromatic carbocycles. The van der Waals surface area contributed by atoms with Gasteiger partial charge in [-0.25, -0.2) is 17.5 Å². The van der Waals surface area contributed by atoms with E-state index in [9.17, 15) is 18.0 Å². The number of sulfonamides is 1. The van der Waals surface area contributed by atoms with Crippen LogP contribution in [0, 0.1) is 0 Å². The van der Waals surface area contributed by atoms with E-state index in [1.54, 1.807) is 4.90 Å². The van der Waals surface area contributed by atoms with Gasteiger partial charge in [0.1, 0.15) is 10.6 Å². The largest absolute Gasteiger partial charge is 0.495 e. The van der Waals surface area contributed by atoms with E-state index in [4.69, 9.17) is 9.47 Å². The molecule has 0 N–H and O–H groups in total. The summed E-state index contributed by atoms with van der Waals surface area (Å²) in [4.78, 5) is 26.5. The van der Waals surface area contributed by atoms with Crippen molar-refractivity contribution in [3.05, 3.63) is 23.8 Å². The lowest BCUT2D eigenvalue weighted by Crippen LogP contribution is -2.49. The lowest BCUT2D eigenvalue weighted by atomic mass is 9.97. The van der Waals surface area contributed by atoms with Crippen LogP contribution in [-0.4, -0.2) is 69.4 Å². The zero-order valence-corrected chi connectivity index (χ0v) is 17.8. The van der Waals surface area contributed by atoms with Gasteiger partial charge in [0, 0.05) is 26.2 Å². The van der Waals surface area contributed by atoms with Crippen molar-refractivity contribution in [3.8, 4) is 5.75 Å². The molecule has 0 radical (unpaired) electrons. The molecule has 1 heterocycles. The highest BCUT2D eigenvalue weighted by molar-refractivity contribution is 7.89. The van der Waals surface area contributed by atoms with Gasteiger partial charge in [-0.15, -0.1) is 0 Å². The van der Waals surface area contributed by atoms with E-state index in [0.29, 0.717) is 0 Å². The Morgan fingerprint density at radius 2 is 1.79 bits per heavy atom. The Kier molecular flexibility index (Phi) is 7.06. The fraction of sp³-hybridized carbons (Fsp3) is 0.579. The highest BCUT2D eigenvalue weighted by Crippen LogP contribution is 2.27. The highest BCUT2D eigenvalue weighted by atomic mass is 32.2. The number of ether oxygens (including phenoxy) is 2. The van der Waals surface area contributed by atoms with Crippen molar-refractivity contribution in [2.24, 2.45) is 0 Å². The number of likely N-dealkylation sites (tertiary alicyclic amines) is 1. The van der Waals surface area contributed by atoms with Gasteiger partial charge in [-0.2, -0.15) is 0 Å². The minimum absolute atomic E-state index is 0.0359. The van der Waals surface area contributed by atoms with Crippen LogP contribution in [0.3, 0.4) is 0 Å². The smallest absolute Gasteiger partial charge is 0.338 e. The molecule has 1 amide bonds. The van der Waals surface area contributed by atoms with Crippen molar-refractivity contribution in [2.75, 3.05) is 27.8 Å². The number of amides is 1. The van der Waals surface area contributed by atoms with Crippen molar-refractivity contribution >= 4 is 21.9 Å². The summed E-state index contributed by atoms with van der Waals surface area (Å²) in [5, 5.41) is 0. The molecular weight excluding hydrogens is 384 g/mol. The van der Waals surface area contributed by atoms with E-state index in [0.717, 1.165) is 23.6 Å². The highest BCUT2D eigenvalue weighted by Gasteiger charge is 2.30. The van der Waals surface area contributed by atoms with E-state index in [1.807, 2.05) is 13.8 Å². The molecule has 1 aliphatic heterocycles. The maximum atomic E-state index is 12.5. The lowest BCUT2D eigenvalue weighted by molar-refractivity contribution is -0.140. The normalized spacial score (nSPS) is 20.1. The molecule has 1 saturated heterocycles. The molecule has 0 spiro atoms. The van der Waals surface area contributed by atoms with Crippen molar-refractivity contribution < 1.29 is 27.5 Å². The van der Waals surface area contributed by atoms with Crippen molar-refractivity contribution in [1.29, 1.82) is 0 Å². The van der Waals surface area contributed by atoms with Crippen molar-refractivity contribution in [3.63, 3.8) is 0 Å². The van der Waals surface area contributed by atoms with Gasteiger partial charge in [0.05, 0.1) is 12.7 Å². The van der Waals surface area contributed by atoms with Crippen molar-refractivity contribution in [1.82, 2.24) is 9.21 Å². The number of carbonyl (C=O) groups excluding carboxylic acids is 2. The summed E-state index contributed by atoms with van der Waals surface area (Å²) >= 11 is 0. The SMILES string of the molecule is COc1ccc(C(=O)OCC(=O)N2[C@@H](C)CCC[C@@H]2C)cc1S(=O)(=O)N(C)C. The molecule has 28 heavy (non-hydrogen) atoms. The van der Waals surface area contributed by atoms with E-state index >= 15 is 0 Å². The van der Waals surface area contributed by atoms with Crippen LogP contribution in [0.4, 0.5) is 0 Å². The number of rotatable bonds is 6. The number of nitrogens with zero attached hydrogens (tertiary/aromatic N) is 2. The van der Waals surface area contributed by atoms with Crippen LogP contribution >= 0.6 is 0 Å². The first-order valence-electron chi connectivity index (χ1n) is 9.18. The Morgan fingerprint density at radius 1 is 1.18 bits per heavy atom. The standard InChI is InChI=1S/C19H28N2O6S/c1-13-7-6-8-14(2)21(13)18(22)12-27-19(23)15-9-10-16(26-5)17(11-15)28(24,25)20(3)4/h9-11,13-14H,6-8,12H2,1-5H3/t13-,14-/m0/s1. The first-order chi connectivity index (χ1) is 13.1. The number of esters is 1. The number of methoxy groups -OCH3 is 1. The monoisotopic (exact) mass is 412 g/mol. The average molecular weight is 413 g/mol. The second-order valence-corrected chi connectivity index (χ2v) is 9.28. The van der Waals surface area contributed by atoms with Crippen LogP contribution in [0.2, 0.25) is 0 Å². The topological polar surface area (TPSA) is 93.2 Å². The third kappa shape index (κ3) is 4.64.